The van der Waals surface area contributed by atoms with E-state index in [2.05, 4.69) is 15.9 Å². The molecule has 2 rings (SSSR count). The lowest BCUT2D eigenvalue weighted by molar-refractivity contribution is 0.250. The van der Waals surface area contributed by atoms with E-state index < -0.39 is 10.0 Å². The summed E-state index contributed by atoms with van der Waals surface area (Å²) in [6.45, 7) is 5.46. The molecule has 5 nitrogen and oxygen atoms in total. The second-order valence-corrected chi connectivity index (χ2v) is 8.42. The van der Waals surface area contributed by atoms with Gasteiger partial charge in [0.1, 0.15) is 5.75 Å². The molecule has 1 heterocycles. The first-order valence-electron chi connectivity index (χ1n) is 7.54. The molecule has 1 fully saturated rings. The number of hydrogen-bond acceptors (Lipinski definition) is 4. The number of nitrogens with two attached hydrogens (primary N) is 1. The summed E-state index contributed by atoms with van der Waals surface area (Å²) in [5.74, 6) is 1.05. The largest absolute Gasteiger partial charge is 0.493 e. The molecule has 1 aliphatic rings. The van der Waals surface area contributed by atoms with Gasteiger partial charge >= 0.3 is 0 Å². The van der Waals surface area contributed by atoms with E-state index in [-0.39, 0.29) is 6.04 Å². The lowest BCUT2D eigenvalue weighted by Gasteiger charge is -2.33. The average Bonchev–Trinajstić information content (AvgIpc) is 2.49. The quantitative estimate of drug-likeness (QED) is 0.838. The Balaban J connectivity index is 2.16. The molecule has 1 unspecified atom stereocenters. The molecule has 1 atom stereocenters. The Morgan fingerprint density at radius 2 is 2.05 bits per heavy atom. The third-order valence-electron chi connectivity index (χ3n) is 4.08. The summed E-state index contributed by atoms with van der Waals surface area (Å²) in [5.41, 5.74) is 5.91. The van der Waals surface area contributed by atoms with Crippen LogP contribution in [0.5, 0.6) is 5.75 Å². The lowest BCUT2D eigenvalue weighted by atomic mass is 9.92. The molecule has 1 saturated heterocycles. The second kappa shape index (κ2) is 7.29. The average molecular weight is 391 g/mol. The van der Waals surface area contributed by atoms with E-state index in [1.165, 1.54) is 0 Å². The molecule has 0 aliphatic carbocycles. The van der Waals surface area contributed by atoms with Crippen molar-refractivity contribution >= 4 is 26.0 Å². The van der Waals surface area contributed by atoms with Crippen LogP contribution in [0.15, 0.2) is 27.6 Å². The van der Waals surface area contributed by atoms with Gasteiger partial charge < -0.3 is 10.5 Å². The molecule has 1 aromatic carbocycles. The summed E-state index contributed by atoms with van der Waals surface area (Å²) in [5, 5.41) is 0. The summed E-state index contributed by atoms with van der Waals surface area (Å²) in [6, 6.07) is 5.01. The van der Waals surface area contributed by atoms with Crippen LogP contribution >= 0.6 is 15.9 Å². The van der Waals surface area contributed by atoms with Gasteiger partial charge in [0.25, 0.3) is 0 Å². The molecule has 22 heavy (non-hydrogen) atoms. The first-order chi connectivity index (χ1) is 10.4. The van der Waals surface area contributed by atoms with Crippen LogP contribution in [0.1, 0.15) is 26.7 Å². The lowest BCUT2D eigenvalue weighted by Crippen LogP contribution is -2.42. The van der Waals surface area contributed by atoms with Gasteiger partial charge in [-0.2, -0.15) is 4.31 Å². The topological polar surface area (TPSA) is 72.6 Å². The number of ether oxygens (including phenoxy) is 1. The van der Waals surface area contributed by atoms with E-state index in [0.29, 0.717) is 40.7 Å². The van der Waals surface area contributed by atoms with E-state index in [4.69, 9.17) is 10.5 Å². The van der Waals surface area contributed by atoms with Gasteiger partial charge in [0, 0.05) is 19.1 Å². The molecule has 0 bridgehead atoms. The Hall–Kier alpha value is -0.630. The summed E-state index contributed by atoms with van der Waals surface area (Å²) in [4.78, 5) is 0.294. The number of halogens is 1. The van der Waals surface area contributed by atoms with Crippen LogP contribution in [0.3, 0.4) is 0 Å². The number of benzene rings is 1. The van der Waals surface area contributed by atoms with Crippen molar-refractivity contribution in [2.45, 2.75) is 37.6 Å². The maximum absolute atomic E-state index is 12.7. The van der Waals surface area contributed by atoms with Crippen LogP contribution in [0.25, 0.3) is 0 Å². The van der Waals surface area contributed by atoms with Crippen molar-refractivity contribution in [3.8, 4) is 5.75 Å². The Morgan fingerprint density at radius 3 is 2.55 bits per heavy atom. The number of hydrogen-bond donors (Lipinski definition) is 1. The molecule has 1 aromatic rings. The van der Waals surface area contributed by atoms with Crippen LogP contribution in [-0.2, 0) is 10.0 Å². The summed E-state index contributed by atoms with van der Waals surface area (Å²) in [6.07, 6.45) is 1.63. The van der Waals surface area contributed by atoms with Crippen LogP contribution in [0, 0.1) is 5.92 Å². The fourth-order valence-electron chi connectivity index (χ4n) is 2.71. The fourth-order valence-corrected chi connectivity index (χ4v) is 4.85. The molecular weight excluding hydrogens is 368 g/mol. The van der Waals surface area contributed by atoms with E-state index >= 15 is 0 Å². The van der Waals surface area contributed by atoms with Crippen molar-refractivity contribution < 1.29 is 13.2 Å². The fraction of sp³-hybridized carbons (Fsp3) is 0.600. The van der Waals surface area contributed by atoms with Crippen molar-refractivity contribution in [3.05, 3.63) is 22.7 Å². The zero-order valence-corrected chi connectivity index (χ0v) is 15.4. The summed E-state index contributed by atoms with van der Waals surface area (Å²) in [7, 11) is -3.46. The minimum Gasteiger partial charge on any atom is -0.493 e. The molecule has 2 N–H and O–H groups in total. The van der Waals surface area contributed by atoms with Gasteiger partial charge in [-0.15, -0.1) is 0 Å². The highest BCUT2D eigenvalue weighted by Crippen LogP contribution is 2.31. The smallest absolute Gasteiger partial charge is 0.243 e. The zero-order chi connectivity index (χ0) is 16.3. The molecule has 1 aliphatic heterocycles. The van der Waals surface area contributed by atoms with Gasteiger partial charge in [-0.1, -0.05) is 0 Å². The normalized spacial score (nSPS) is 19.1. The zero-order valence-electron chi connectivity index (χ0n) is 13.0. The predicted octanol–water partition coefficient (Wildman–Crippen LogP) is 2.60. The minimum atomic E-state index is -3.46. The van der Waals surface area contributed by atoms with Crippen molar-refractivity contribution in [1.82, 2.24) is 4.31 Å². The van der Waals surface area contributed by atoms with Crippen LogP contribution in [0.2, 0.25) is 0 Å². The molecule has 0 saturated carbocycles. The van der Waals surface area contributed by atoms with Crippen LogP contribution in [-0.4, -0.2) is 38.5 Å². The van der Waals surface area contributed by atoms with Crippen LogP contribution in [0.4, 0.5) is 0 Å². The van der Waals surface area contributed by atoms with E-state index in [1.807, 2.05) is 13.8 Å². The first-order valence-corrected chi connectivity index (χ1v) is 9.77. The standard InChI is InChI=1S/C15H23BrN2O3S/c1-3-21-15-5-4-13(10-14(15)16)22(19,20)18-8-6-12(7-9-18)11(2)17/h4-5,10-12H,3,6-9,17H2,1-2H3. The van der Waals surface area contributed by atoms with Gasteiger partial charge in [0.15, 0.2) is 0 Å². The van der Waals surface area contributed by atoms with Gasteiger partial charge in [0.05, 0.1) is 16.0 Å². The van der Waals surface area contributed by atoms with Gasteiger partial charge in [-0.25, -0.2) is 8.42 Å². The third kappa shape index (κ3) is 3.82. The summed E-state index contributed by atoms with van der Waals surface area (Å²) < 4.78 is 33.1. The molecule has 0 spiro atoms. The second-order valence-electron chi connectivity index (χ2n) is 5.63. The van der Waals surface area contributed by atoms with E-state index in [0.717, 1.165) is 12.8 Å². The Kier molecular flexibility index (Phi) is 5.87. The number of rotatable bonds is 5. The van der Waals surface area contributed by atoms with Gasteiger partial charge in [-0.3, -0.25) is 0 Å². The van der Waals surface area contributed by atoms with E-state index in [1.54, 1.807) is 22.5 Å². The highest BCUT2D eigenvalue weighted by atomic mass is 79.9. The van der Waals surface area contributed by atoms with Gasteiger partial charge in [-0.05, 0) is 66.7 Å². The van der Waals surface area contributed by atoms with E-state index in [9.17, 15) is 8.42 Å². The SMILES string of the molecule is CCOc1ccc(S(=O)(=O)N2CCC(C(C)N)CC2)cc1Br. The predicted molar refractivity (Wildman–Crippen MR) is 90.4 cm³/mol. The maximum atomic E-state index is 12.7. The maximum Gasteiger partial charge on any atom is 0.243 e. The van der Waals surface area contributed by atoms with Crippen molar-refractivity contribution in [3.63, 3.8) is 0 Å². The van der Waals surface area contributed by atoms with Crippen molar-refractivity contribution in [2.24, 2.45) is 11.7 Å². The summed E-state index contributed by atoms with van der Waals surface area (Å²) >= 11 is 3.37. The number of nitrogens with zero attached hydrogens (tertiary/aromatic N) is 1. The van der Waals surface area contributed by atoms with Crippen molar-refractivity contribution in [2.75, 3.05) is 19.7 Å². The Labute approximate surface area is 141 Å². The van der Waals surface area contributed by atoms with Gasteiger partial charge in [0.2, 0.25) is 10.0 Å². The Morgan fingerprint density at radius 1 is 1.41 bits per heavy atom. The van der Waals surface area contributed by atoms with Crippen molar-refractivity contribution in [1.29, 1.82) is 0 Å². The number of piperidine rings is 1. The monoisotopic (exact) mass is 390 g/mol. The highest BCUT2D eigenvalue weighted by Gasteiger charge is 2.30. The molecule has 0 amide bonds. The third-order valence-corrected chi connectivity index (χ3v) is 6.60. The molecule has 124 valence electrons. The number of sulfonamides is 1. The highest BCUT2D eigenvalue weighted by molar-refractivity contribution is 9.10. The minimum absolute atomic E-state index is 0.115. The Bertz CT molecular complexity index is 611. The first kappa shape index (κ1) is 17.7. The molecule has 0 radical (unpaired) electrons. The molecule has 7 heteroatoms. The molecular formula is C15H23BrN2O3S. The van der Waals surface area contributed by atoms with Crippen LogP contribution < -0.4 is 10.5 Å². The molecule has 0 aromatic heterocycles.